The minimum absolute atomic E-state index is 0.0157. The van der Waals surface area contributed by atoms with Gasteiger partial charge in [0.15, 0.2) is 11.6 Å². The van der Waals surface area contributed by atoms with Crippen molar-refractivity contribution >= 4 is 17.5 Å². The largest absolute Gasteiger partial charge is 0.488 e. The number of nitrogens with one attached hydrogen (secondary N) is 2. The van der Waals surface area contributed by atoms with Crippen molar-refractivity contribution in [3.05, 3.63) is 95.8 Å². The van der Waals surface area contributed by atoms with E-state index in [0.717, 1.165) is 18.4 Å². The van der Waals surface area contributed by atoms with Gasteiger partial charge in [-0.2, -0.15) is 0 Å². The molecule has 4 rings (SSSR count). The number of amides is 2. The van der Waals surface area contributed by atoms with Crippen LogP contribution in [0.3, 0.4) is 0 Å². The van der Waals surface area contributed by atoms with Crippen molar-refractivity contribution in [3.63, 3.8) is 0 Å². The van der Waals surface area contributed by atoms with Gasteiger partial charge in [-0.3, -0.25) is 9.59 Å². The number of carbonyl (C=O) groups is 2. The fourth-order valence-electron chi connectivity index (χ4n) is 3.21. The average Bonchev–Trinajstić information content (AvgIpc) is 3.64. The molecule has 31 heavy (non-hydrogen) atoms. The Hall–Kier alpha value is -3.67. The Labute approximate surface area is 180 Å². The fourth-order valence-corrected chi connectivity index (χ4v) is 3.21. The number of halogens is 1. The van der Waals surface area contributed by atoms with Gasteiger partial charge in [-0.25, -0.2) is 4.39 Å². The molecular weight excluding hydrogens is 395 g/mol. The SMILES string of the molecule is O=C(NC(COc1ccccc1F)c1ccccc1)c1cccc(NC(=O)C2CC2)c1. The number of benzene rings is 3. The molecule has 1 atom stereocenters. The summed E-state index contributed by atoms with van der Waals surface area (Å²) in [6, 6.07) is 21.8. The minimum Gasteiger partial charge on any atom is -0.488 e. The summed E-state index contributed by atoms with van der Waals surface area (Å²) in [7, 11) is 0. The molecule has 3 aromatic carbocycles. The maximum Gasteiger partial charge on any atom is 0.251 e. The van der Waals surface area contributed by atoms with E-state index in [9.17, 15) is 14.0 Å². The molecule has 6 heteroatoms. The van der Waals surface area contributed by atoms with Gasteiger partial charge in [-0.1, -0.05) is 48.5 Å². The lowest BCUT2D eigenvalue weighted by Gasteiger charge is -2.20. The van der Waals surface area contributed by atoms with E-state index in [1.807, 2.05) is 30.3 Å². The molecule has 1 aliphatic rings. The molecule has 0 radical (unpaired) electrons. The van der Waals surface area contributed by atoms with Crippen molar-refractivity contribution in [2.45, 2.75) is 18.9 Å². The van der Waals surface area contributed by atoms with Crippen LogP contribution in [0.1, 0.15) is 34.8 Å². The van der Waals surface area contributed by atoms with E-state index < -0.39 is 11.9 Å². The molecule has 1 saturated carbocycles. The van der Waals surface area contributed by atoms with Crippen molar-refractivity contribution in [2.24, 2.45) is 5.92 Å². The average molecular weight is 418 g/mol. The van der Waals surface area contributed by atoms with Crippen molar-refractivity contribution in [1.29, 1.82) is 0 Å². The standard InChI is InChI=1S/C25H23FN2O3/c26-21-11-4-5-12-23(21)31-16-22(17-7-2-1-3-8-17)28-25(30)19-9-6-10-20(15-19)27-24(29)18-13-14-18/h1-12,15,18,22H,13-14,16H2,(H,27,29)(H,28,30). The Kier molecular flexibility index (Phi) is 6.26. The van der Waals surface area contributed by atoms with E-state index >= 15 is 0 Å². The van der Waals surface area contributed by atoms with Gasteiger partial charge in [0, 0.05) is 17.2 Å². The van der Waals surface area contributed by atoms with Crippen molar-refractivity contribution in [2.75, 3.05) is 11.9 Å². The van der Waals surface area contributed by atoms with Crippen molar-refractivity contribution in [1.82, 2.24) is 5.32 Å². The number of hydrogen-bond donors (Lipinski definition) is 2. The zero-order chi connectivity index (χ0) is 21.6. The minimum atomic E-state index is -0.488. The van der Waals surface area contributed by atoms with Crippen LogP contribution in [0.5, 0.6) is 5.75 Å². The van der Waals surface area contributed by atoms with E-state index in [1.54, 1.807) is 42.5 Å². The van der Waals surface area contributed by atoms with E-state index in [1.165, 1.54) is 6.07 Å². The van der Waals surface area contributed by atoms with Crippen LogP contribution in [0.15, 0.2) is 78.9 Å². The second-order valence-corrected chi connectivity index (χ2v) is 7.52. The zero-order valence-corrected chi connectivity index (χ0v) is 16.9. The van der Waals surface area contributed by atoms with Crippen molar-refractivity contribution in [3.8, 4) is 5.75 Å². The maximum absolute atomic E-state index is 13.9. The Morgan fingerprint density at radius 1 is 0.968 bits per heavy atom. The smallest absolute Gasteiger partial charge is 0.251 e. The summed E-state index contributed by atoms with van der Waals surface area (Å²) < 4.78 is 19.6. The molecule has 158 valence electrons. The first-order valence-corrected chi connectivity index (χ1v) is 10.2. The first kappa shape index (κ1) is 20.6. The first-order chi connectivity index (χ1) is 15.1. The van der Waals surface area contributed by atoms with Crippen LogP contribution in [0.25, 0.3) is 0 Å². The molecule has 0 aromatic heterocycles. The van der Waals surface area contributed by atoms with Gasteiger partial charge in [-0.15, -0.1) is 0 Å². The van der Waals surface area contributed by atoms with E-state index in [-0.39, 0.29) is 30.1 Å². The van der Waals surface area contributed by atoms with Gasteiger partial charge in [0.25, 0.3) is 5.91 Å². The molecule has 5 nitrogen and oxygen atoms in total. The number of ether oxygens (including phenoxy) is 1. The molecule has 1 fully saturated rings. The van der Waals surface area contributed by atoms with Crippen LogP contribution in [0.4, 0.5) is 10.1 Å². The highest BCUT2D eigenvalue weighted by Crippen LogP contribution is 2.30. The highest BCUT2D eigenvalue weighted by atomic mass is 19.1. The molecule has 2 N–H and O–H groups in total. The Bertz CT molecular complexity index is 1070. The third-order valence-electron chi connectivity index (χ3n) is 5.09. The molecule has 1 unspecified atom stereocenters. The van der Waals surface area contributed by atoms with Gasteiger partial charge in [-0.05, 0) is 48.7 Å². The summed E-state index contributed by atoms with van der Waals surface area (Å²) in [6.07, 6.45) is 1.82. The summed E-state index contributed by atoms with van der Waals surface area (Å²) in [5, 5.41) is 5.81. The number of hydrogen-bond acceptors (Lipinski definition) is 3. The van der Waals surface area contributed by atoms with Gasteiger partial charge in [0.2, 0.25) is 5.91 Å². The van der Waals surface area contributed by atoms with Crippen LogP contribution in [0.2, 0.25) is 0 Å². The van der Waals surface area contributed by atoms with Gasteiger partial charge < -0.3 is 15.4 Å². The molecule has 2 amide bonds. The predicted molar refractivity (Wildman–Crippen MR) is 116 cm³/mol. The normalized spacial score (nSPS) is 13.8. The highest BCUT2D eigenvalue weighted by Gasteiger charge is 2.29. The topological polar surface area (TPSA) is 67.4 Å². The van der Waals surface area contributed by atoms with Crippen LogP contribution < -0.4 is 15.4 Å². The highest BCUT2D eigenvalue weighted by molar-refractivity contribution is 5.98. The molecule has 0 bridgehead atoms. The lowest BCUT2D eigenvalue weighted by molar-refractivity contribution is -0.117. The molecule has 3 aromatic rings. The lowest BCUT2D eigenvalue weighted by Crippen LogP contribution is -2.32. The molecular formula is C25H23FN2O3. The fraction of sp³-hybridized carbons (Fsp3) is 0.200. The second kappa shape index (κ2) is 9.43. The monoisotopic (exact) mass is 418 g/mol. The summed E-state index contributed by atoms with van der Waals surface area (Å²) in [6.45, 7) is 0.0643. The number of rotatable bonds is 8. The second-order valence-electron chi connectivity index (χ2n) is 7.52. The summed E-state index contributed by atoms with van der Waals surface area (Å²) in [5.41, 5.74) is 1.84. The van der Waals surface area contributed by atoms with Crippen LogP contribution in [-0.4, -0.2) is 18.4 Å². The van der Waals surface area contributed by atoms with Gasteiger partial charge >= 0.3 is 0 Å². The van der Waals surface area contributed by atoms with Crippen LogP contribution in [0, 0.1) is 11.7 Å². The molecule has 0 spiro atoms. The predicted octanol–water partition coefficient (Wildman–Crippen LogP) is 4.72. The van der Waals surface area contributed by atoms with Crippen LogP contribution >= 0.6 is 0 Å². The number of para-hydroxylation sites is 1. The third kappa shape index (κ3) is 5.48. The Balaban J connectivity index is 1.47. The van der Waals surface area contributed by atoms with Gasteiger partial charge in [0.1, 0.15) is 6.61 Å². The third-order valence-corrected chi connectivity index (χ3v) is 5.09. The van der Waals surface area contributed by atoms with E-state index in [0.29, 0.717) is 11.3 Å². The summed E-state index contributed by atoms with van der Waals surface area (Å²) in [5.74, 6) is -0.579. The first-order valence-electron chi connectivity index (χ1n) is 10.2. The quantitative estimate of drug-likeness (QED) is 0.556. The Morgan fingerprint density at radius 3 is 2.45 bits per heavy atom. The molecule has 0 heterocycles. The van der Waals surface area contributed by atoms with Gasteiger partial charge in [0.05, 0.1) is 6.04 Å². The summed E-state index contributed by atoms with van der Waals surface area (Å²) in [4.78, 5) is 24.9. The van der Waals surface area contributed by atoms with Crippen LogP contribution in [-0.2, 0) is 4.79 Å². The Morgan fingerprint density at radius 2 is 1.71 bits per heavy atom. The van der Waals surface area contributed by atoms with Crippen molar-refractivity contribution < 1.29 is 18.7 Å². The zero-order valence-electron chi connectivity index (χ0n) is 16.9. The lowest BCUT2D eigenvalue weighted by atomic mass is 10.1. The number of carbonyl (C=O) groups excluding carboxylic acids is 2. The summed E-state index contributed by atoms with van der Waals surface area (Å²) >= 11 is 0. The maximum atomic E-state index is 13.9. The molecule has 1 aliphatic carbocycles. The molecule has 0 aliphatic heterocycles. The van der Waals surface area contributed by atoms with E-state index in [4.69, 9.17) is 4.74 Å². The molecule has 0 saturated heterocycles. The van der Waals surface area contributed by atoms with E-state index in [2.05, 4.69) is 10.6 Å². The number of anilines is 1.